The molecule has 10 heteroatoms. The van der Waals surface area contributed by atoms with E-state index in [-0.39, 0.29) is 6.61 Å². The van der Waals surface area contributed by atoms with Crippen LogP contribution in [-0.4, -0.2) is 98.7 Å². The number of allylic oxidation sites excluding steroid dienone is 3. The molecule has 0 aromatic carbocycles. The van der Waals surface area contributed by atoms with E-state index in [0.717, 1.165) is 44.9 Å². The van der Waals surface area contributed by atoms with Crippen LogP contribution in [0.4, 0.5) is 0 Å². The van der Waals surface area contributed by atoms with Gasteiger partial charge in [-0.15, -0.1) is 0 Å². The molecule has 1 aliphatic heterocycles. The van der Waals surface area contributed by atoms with Gasteiger partial charge in [-0.3, -0.25) is 4.79 Å². The number of aliphatic hydroxyl groups excluding tert-OH is 6. The summed E-state index contributed by atoms with van der Waals surface area (Å²) in [5.74, 6) is -0.619. The predicted octanol–water partition coefficient (Wildman–Crippen LogP) is 10.0. The molecule has 1 saturated heterocycles. The second-order valence-corrected chi connectivity index (χ2v) is 17.8. The van der Waals surface area contributed by atoms with Crippen molar-refractivity contribution in [2.45, 2.75) is 275 Å². The average molecular weight is 854 g/mol. The normalized spacial score (nSPS) is 21.2. The van der Waals surface area contributed by atoms with Crippen LogP contribution in [0.15, 0.2) is 24.3 Å². The Bertz CT molecular complexity index is 1010. The number of unbranched alkanes of at least 4 members (excludes halogenated alkanes) is 29. The summed E-state index contributed by atoms with van der Waals surface area (Å²) in [5, 5.41) is 64.7. The fourth-order valence-corrected chi connectivity index (χ4v) is 7.98. The maximum atomic E-state index is 13.1. The van der Waals surface area contributed by atoms with Gasteiger partial charge in [-0.1, -0.05) is 205 Å². The summed E-state index contributed by atoms with van der Waals surface area (Å²) in [7, 11) is 0. The van der Waals surface area contributed by atoms with Gasteiger partial charge in [0.2, 0.25) is 5.91 Å². The molecule has 1 heterocycles. The van der Waals surface area contributed by atoms with Gasteiger partial charge in [-0.2, -0.15) is 0 Å². The molecule has 0 aromatic rings. The first-order chi connectivity index (χ1) is 29.3. The molecule has 0 radical (unpaired) electrons. The highest BCUT2D eigenvalue weighted by Gasteiger charge is 2.44. The standard InChI is InChI=1S/C50H95NO9/c1-3-5-7-9-11-13-15-17-18-19-20-21-22-23-24-25-26-27-29-31-33-35-37-39-44(54)49(58)51-42(41-59-50-48(57)47(56)46(55)45(40-52)60-50)43(53)38-36-34-32-30-28-16-14-12-10-8-6-4-2/h23-24,36,38,42-48,50,52-57H,3-22,25-35,37,39-41H2,1-2H3,(H,51,58)/b24-23-,38-36+. The number of ether oxygens (including phenoxy) is 2. The van der Waals surface area contributed by atoms with Gasteiger partial charge in [0, 0.05) is 0 Å². The predicted molar refractivity (Wildman–Crippen MR) is 246 cm³/mol. The number of rotatable bonds is 42. The van der Waals surface area contributed by atoms with Crippen molar-refractivity contribution in [1.29, 1.82) is 0 Å². The fraction of sp³-hybridized carbons (Fsp3) is 0.900. The summed E-state index contributed by atoms with van der Waals surface area (Å²) in [4.78, 5) is 13.1. The molecule has 0 spiro atoms. The van der Waals surface area contributed by atoms with Crippen LogP contribution < -0.4 is 5.32 Å². The van der Waals surface area contributed by atoms with Crippen molar-refractivity contribution in [2.75, 3.05) is 13.2 Å². The Morgan fingerprint density at radius 2 is 0.967 bits per heavy atom. The van der Waals surface area contributed by atoms with E-state index in [1.54, 1.807) is 6.08 Å². The molecule has 1 fully saturated rings. The van der Waals surface area contributed by atoms with E-state index in [2.05, 4.69) is 31.3 Å². The van der Waals surface area contributed by atoms with Crippen LogP contribution in [0, 0.1) is 0 Å². The molecule has 8 unspecified atom stereocenters. The molecule has 354 valence electrons. The zero-order chi connectivity index (χ0) is 43.9. The lowest BCUT2D eigenvalue weighted by atomic mass is 9.99. The Balaban J connectivity index is 2.30. The van der Waals surface area contributed by atoms with Gasteiger partial charge in [-0.25, -0.2) is 0 Å². The minimum atomic E-state index is -1.61. The number of carbonyl (C=O) groups is 1. The number of hydrogen-bond acceptors (Lipinski definition) is 9. The monoisotopic (exact) mass is 854 g/mol. The first-order valence-corrected chi connectivity index (χ1v) is 25.2. The molecule has 0 aromatic heterocycles. The Kier molecular flexibility index (Phi) is 38.1. The highest BCUT2D eigenvalue weighted by molar-refractivity contribution is 5.80. The van der Waals surface area contributed by atoms with Crippen LogP contribution in [0.25, 0.3) is 0 Å². The number of nitrogens with one attached hydrogen (secondary N) is 1. The highest BCUT2D eigenvalue weighted by atomic mass is 16.7. The lowest BCUT2D eigenvalue weighted by Crippen LogP contribution is -2.60. The largest absolute Gasteiger partial charge is 0.394 e. The van der Waals surface area contributed by atoms with Crippen LogP contribution >= 0.6 is 0 Å². The summed E-state index contributed by atoms with van der Waals surface area (Å²) in [6.07, 6.45) is 38.4. The van der Waals surface area contributed by atoms with Crippen molar-refractivity contribution >= 4 is 5.91 Å². The lowest BCUT2D eigenvalue weighted by molar-refractivity contribution is -0.302. The average Bonchev–Trinajstić information content (AvgIpc) is 3.25. The summed E-state index contributed by atoms with van der Waals surface area (Å²) in [5.41, 5.74) is 0. The molecule has 0 saturated carbocycles. The van der Waals surface area contributed by atoms with Crippen LogP contribution in [-0.2, 0) is 14.3 Å². The molecule has 1 amide bonds. The number of carbonyl (C=O) groups excluding carboxylic acids is 1. The molecular weight excluding hydrogens is 759 g/mol. The molecule has 0 aliphatic carbocycles. The molecule has 7 N–H and O–H groups in total. The van der Waals surface area contributed by atoms with E-state index in [1.165, 1.54) is 154 Å². The van der Waals surface area contributed by atoms with E-state index in [1.807, 2.05) is 6.08 Å². The SMILES string of the molecule is CCCCCCCCCCCC/C=C/C(O)C(COC1OC(CO)C(O)C(O)C1O)NC(=O)C(O)CCCCCCCCC/C=C\CCCCCCCCCCCCCC. The highest BCUT2D eigenvalue weighted by Crippen LogP contribution is 2.23. The minimum absolute atomic E-state index is 0.305. The Hall–Kier alpha value is -1.37. The maximum absolute atomic E-state index is 13.1. The second kappa shape index (κ2) is 40.4. The third kappa shape index (κ3) is 29.8. The first kappa shape index (κ1) is 56.6. The van der Waals surface area contributed by atoms with Crippen molar-refractivity contribution in [3.8, 4) is 0 Å². The van der Waals surface area contributed by atoms with Crippen molar-refractivity contribution in [3.63, 3.8) is 0 Å². The molecule has 0 bridgehead atoms. The maximum Gasteiger partial charge on any atom is 0.249 e. The van der Waals surface area contributed by atoms with Gasteiger partial charge in [0.05, 0.1) is 25.4 Å². The Morgan fingerprint density at radius 1 is 0.567 bits per heavy atom. The van der Waals surface area contributed by atoms with Crippen LogP contribution in [0.5, 0.6) is 0 Å². The van der Waals surface area contributed by atoms with Gasteiger partial charge in [0.1, 0.15) is 30.5 Å². The second-order valence-electron chi connectivity index (χ2n) is 17.8. The summed E-state index contributed by atoms with van der Waals surface area (Å²) in [6, 6.07) is -0.979. The molecule has 8 atom stereocenters. The Morgan fingerprint density at radius 3 is 1.40 bits per heavy atom. The smallest absolute Gasteiger partial charge is 0.249 e. The van der Waals surface area contributed by atoms with Crippen molar-refractivity contribution < 1.29 is 44.9 Å². The molecule has 1 aliphatic rings. The first-order valence-electron chi connectivity index (χ1n) is 25.2. The Labute approximate surface area is 367 Å². The van der Waals surface area contributed by atoms with E-state index >= 15 is 0 Å². The van der Waals surface area contributed by atoms with E-state index in [9.17, 15) is 35.4 Å². The van der Waals surface area contributed by atoms with Gasteiger partial charge < -0.3 is 45.4 Å². The van der Waals surface area contributed by atoms with Gasteiger partial charge in [0.15, 0.2) is 6.29 Å². The van der Waals surface area contributed by atoms with Crippen molar-refractivity contribution in [3.05, 3.63) is 24.3 Å². The number of aliphatic hydroxyl groups is 6. The van der Waals surface area contributed by atoms with Crippen LogP contribution in [0.3, 0.4) is 0 Å². The van der Waals surface area contributed by atoms with Gasteiger partial charge in [-0.05, 0) is 44.9 Å². The van der Waals surface area contributed by atoms with E-state index < -0.39 is 61.5 Å². The number of amides is 1. The molecule has 1 rings (SSSR count). The van der Waals surface area contributed by atoms with E-state index in [4.69, 9.17) is 9.47 Å². The summed E-state index contributed by atoms with van der Waals surface area (Å²) < 4.78 is 11.1. The summed E-state index contributed by atoms with van der Waals surface area (Å²) in [6.45, 7) is 3.61. The zero-order valence-corrected chi connectivity index (χ0v) is 38.6. The van der Waals surface area contributed by atoms with Gasteiger partial charge >= 0.3 is 0 Å². The lowest BCUT2D eigenvalue weighted by Gasteiger charge is -2.40. The zero-order valence-electron chi connectivity index (χ0n) is 38.6. The third-order valence-corrected chi connectivity index (χ3v) is 12.1. The van der Waals surface area contributed by atoms with Crippen LogP contribution in [0.1, 0.15) is 226 Å². The minimum Gasteiger partial charge on any atom is -0.394 e. The molecule has 10 nitrogen and oxygen atoms in total. The molecular formula is C50H95NO9. The van der Waals surface area contributed by atoms with Crippen molar-refractivity contribution in [1.82, 2.24) is 5.32 Å². The van der Waals surface area contributed by atoms with E-state index in [0.29, 0.717) is 12.8 Å². The topological polar surface area (TPSA) is 169 Å². The third-order valence-electron chi connectivity index (χ3n) is 12.1. The van der Waals surface area contributed by atoms with Gasteiger partial charge in [0.25, 0.3) is 0 Å². The van der Waals surface area contributed by atoms with Crippen LogP contribution in [0.2, 0.25) is 0 Å². The molecule has 60 heavy (non-hydrogen) atoms. The number of hydrogen-bond donors (Lipinski definition) is 7. The quantitative estimate of drug-likeness (QED) is 0.0233. The van der Waals surface area contributed by atoms with Crippen molar-refractivity contribution in [2.24, 2.45) is 0 Å². The summed E-state index contributed by atoms with van der Waals surface area (Å²) >= 11 is 0. The fourth-order valence-electron chi connectivity index (χ4n) is 7.98.